The van der Waals surface area contributed by atoms with Gasteiger partial charge in [-0.1, -0.05) is 12.1 Å². The number of alkyl halides is 2. The van der Waals surface area contributed by atoms with Crippen molar-refractivity contribution in [2.75, 3.05) is 0 Å². The van der Waals surface area contributed by atoms with E-state index < -0.39 is 23.5 Å². The van der Waals surface area contributed by atoms with E-state index in [1.807, 2.05) is 13.0 Å². The van der Waals surface area contributed by atoms with Crippen LogP contribution in [-0.2, 0) is 20.1 Å². The highest BCUT2D eigenvalue weighted by molar-refractivity contribution is 5.72. The fraction of sp³-hybridized carbons (Fsp3) is 0.360. The summed E-state index contributed by atoms with van der Waals surface area (Å²) in [5.41, 5.74) is 0.527. The second-order valence-electron chi connectivity index (χ2n) is 8.90. The number of hydrogen-bond acceptors (Lipinski definition) is 7. The first-order valence-electron chi connectivity index (χ1n) is 11.6. The Morgan fingerprint density at radius 1 is 1.14 bits per heavy atom. The van der Waals surface area contributed by atoms with Gasteiger partial charge >= 0.3 is 17.8 Å². The molecule has 1 unspecified atom stereocenters. The molecule has 0 aliphatic heterocycles. The van der Waals surface area contributed by atoms with Crippen LogP contribution < -0.4 is 20.7 Å². The van der Waals surface area contributed by atoms with Crippen LogP contribution in [0.25, 0.3) is 11.2 Å². The van der Waals surface area contributed by atoms with Crippen molar-refractivity contribution in [3.8, 4) is 17.5 Å². The third-order valence-corrected chi connectivity index (χ3v) is 5.57. The number of imidazole rings is 1. The lowest BCUT2D eigenvalue weighted by Gasteiger charge is -2.14. The highest BCUT2D eigenvalue weighted by atomic mass is 19.3. The molecule has 12 heteroatoms. The molecular weight excluding hydrogens is 488 g/mol. The van der Waals surface area contributed by atoms with Gasteiger partial charge in [-0.3, -0.25) is 23.5 Å². The summed E-state index contributed by atoms with van der Waals surface area (Å²) in [4.78, 5) is 35.2. The highest BCUT2D eigenvalue weighted by Gasteiger charge is 2.25. The lowest BCUT2D eigenvalue weighted by Crippen LogP contribution is -2.40. The zero-order valence-electron chi connectivity index (χ0n) is 20.8. The second kappa shape index (κ2) is 10.1. The molecule has 37 heavy (non-hydrogen) atoms. The van der Waals surface area contributed by atoms with E-state index in [2.05, 4.69) is 14.7 Å². The Balaban J connectivity index is 1.87. The number of pyridine rings is 1. The standard InChI is InChI=1S/C25H27F2N5O5/c1-15-8-9-17(28-13-15)14-32-20-21(30(4)24(35)31(22(20)34)11-10-16(2)33)29-23(32)36-18-6-5-7-19(12-18)37-25(3,26)27/h5-9,12-13,16,33H,10-11,14H2,1-4H3. The maximum Gasteiger partial charge on any atom is 0.394 e. The maximum absolute atomic E-state index is 13.5. The van der Waals surface area contributed by atoms with Gasteiger partial charge in [-0.2, -0.15) is 13.8 Å². The topological polar surface area (TPSA) is 113 Å². The maximum atomic E-state index is 13.5. The minimum absolute atomic E-state index is 0.00782. The molecule has 0 saturated carbocycles. The Kier molecular flexibility index (Phi) is 7.12. The first-order chi connectivity index (χ1) is 17.4. The molecular formula is C25H27F2N5O5. The minimum atomic E-state index is -3.39. The van der Waals surface area contributed by atoms with Gasteiger partial charge in [-0.15, -0.1) is 0 Å². The largest absolute Gasteiger partial charge is 0.433 e. The molecule has 0 aliphatic carbocycles. The molecule has 196 valence electrons. The summed E-state index contributed by atoms with van der Waals surface area (Å²) in [7, 11) is 1.48. The number of aliphatic hydroxyl groups is 1. The van der Waals surface area contributed by atoms with E-state index in [1.165, 1.54) is 40.4 Å². The van der Waals surface area contributed by atoms with Gasteiger partial charge in [0.15, 0.2) is 11.2 Å². The van der Waals surface area contributed by atoms with Crippen molar-refractivity contribution in [1.29, 1.82) is 0 Å². The number of aryl methyl sites for hydroxylation is 2. The number of ether oxygens (including phenoxy) is 2. The van der Waals surface area contributed by atoms with E-state index in [9.17, 15) is 23.5 Å². The Hall–Kier alpha value is -4.06. The van der Waals surface area contributed by atoms with E-state index >= 15 is 0 Å². The predicted molar refractivity (Wildman–Crippen MR) is 131 cm³/mol. The lowest BCUT2D eigenvalue weighted by atomic mass is 10.2. The highest BCUT2D eigenvalue weighted by Crippen LogP contribution is 2.29. The molecule has 1 N–H and O–H groups in total. The monoisotopic (exact) mass is 515 g/mol. The summed E-state index contributed by atoms with van der Waals surface area (Å²) in [5.74, 6) is 0.00958. The van der Waals surface area contributed by atoms with Crippen molar-refractivity contribution in [3.63, 3.8) is 0 Å². The van der Waals surface area contributed by atoms with E-state index in [0.29, 0.717) is 12.6 Å². The average molecular weight is 516 g/mol. The molecule has 3 aromatic heterocycles. The molecule has 4 rings (SSSR count). The number of halogens is 2. The summed E-state index contributed by atoms with van der Waals surface area (Å²) in [6.45, 7) is 4.17. The van der Waals surface area contributed by atoms with Crippen molar-refractivity contribution in [2.45, 2.75) is 52.5 Å². The van der Waals surface area contributed by atoms with Crippen LogP contribution >= 0.6 is 0 Å². The van der Waals surface area contributed by atoms with Gasteiger partial charge < -0.3 is 14.6 Å². The van der Waals surface area contributed by atoms with Gasteiger partial charge in [-0.25, -0.2) is 4.79 Å². The van der Waals surface area contributed by atoms with Crippen LogP contribution in [0.15, 0.2) is 52.2 Å². The average Bonchev–Trinajstić information content (AvgIpc) is 3.16. The van der Waals surface area contributed by atoms with E-state index in [-0.39, 0.29) is 48.2 Å². The van der Waals surface area contributed by atoms with Crippen LogP contribution in [0.5, 0.6) is 17.5 Å². The van der Waals surface area contributed by atoms with E-state index in [0.717, 1.165) is 10.1 Å². The number of nitrogens with zero attached hydrogens (tertiary/aromatic N) is 5. The van der Waals surface area contributed by atoms with E-state index in [4.69, 9.17) is 4.74 Å². The molecule has 1 aromatic carbocycles. The van der Waals surface area contributed by atoms with Crippen LogP contribution in [0.2, 0.25) is 0 Å². The zero-order chi connectivity index (χ0) is 26.9. The van der Waals surface area contributed by atoms with Crippen molar-refractivity contribution in [3.05, 3.63) is 74.7 Å². The van der Waals surface area contributed by atoms with Crippen molar-refractivity contribution in [2.24, 2.45) is 7.05 Å². The number of benzene rings is 1. The SMILES string of the molecule is Cc1ccc(Cn2c(Oc3cccc(OC(C)(F)F)c3)nc3c2c(=O)n(CCC(C)O)c(=O)n3C)nc1. The van der Waals surface area contributed by atoms with Crippen LogP contribution in [0.1, 0.15) is 31.5 Å². The smallest absolute Gasteiger partial charge is 0.394 e. The summed E-state index contributed by atoms with van der Waals surface area (Å²) in [6.07, 6.45) is -2.22. The quantitative estimate of drug-likeness (QED) is 0.364. The van der Waals surface area contributed by atoms with Crippen molar-refractivity contribution < 1.29 is 23.4 Å². The van der Waals surface area contributed by atoms with E-state index in [1.54, 1.807) is 19.2 Å². The van der Waals surface area contributed by atoms with Gasteiger partial charge in [-0.05, 0) is 44.0 Å². The lowest BCUT2D eigenvalue weighted by molar-refractivity contribution is -0.159. The molecule has 10 nitrogen and oxygen atoms in total. The molecule has 3 heterocycles. The second-order valence-corrected chi connectivity index (χ2v) is 8.90. The third-order valence-electron chi connectivity index (χ3n) is 5.57. The molecule has 0 saturated heterocycles. The summed E-state index contributed by atoms with van der Waals surface area (Å²) < 4.78 is 41.0. The fourth-order valence-corrected chi connectivity index (χ4v) is 3.76. The molecule has 1 atom stereocenters. The van der Waals surface area contributed by atoms with Gasteiger partial charge in [0, 0.05) is 32.8 Å². The first-order valence-corrected chi connectivity index (χ1v) is 11.6. The molecule has 0 spiro atoms. The molecule has 0 aliphatic rings. The zero-order valence-corrected chi connectivity index (χ0v) is 20.8. The number of fused-ring (bicyclic) bond motifs is 1. The van der Waals surface area contributed by atoms with Crippen LogP contribution in [0, 0.1) is 6.92 Å². The predicted octanol–water partition coefficient (Wildman–Crippen LogP) is 3.20. The summed E-state index contributed by atoms with van der Waals surface area (Å²) in [6, 6.07) is 9.23. The van der Waals surface area contributed by atoms with Gasteiger partial charge in [0.05, 0.1) is 18.3 Å². The molecule has 0 fully saturated rings. The third kappa shape index (κ3) is 5.85. The molecule has 0 radical (unpaired) electrons. The Bertz CT molecular complexity index is 1530. The summed E-state index contributed by atoms with van der Waals surface area (Å²) in [5, 5.41) is 9.68. The molecule has 0 bridgehead atoms. The van der Waals surface area contributed by atoms with Gasteiger partial charge in [0.2, 0.25) is 0 Å². The Morgan fingerprint density at radius 3 is 2.51 bits per heavy atom. The van der Waals surface area contributed by atoms with Gasteiger partial charge in [0.25, 0.3) is 5.56 Å². The number of aromatic nitrogens is 5. The number of hydrogen-bond donors (Lipinski definition) is 1. The van der Waals surface area contributed by atoms with Gasteiger partial charge in [0.1, 0.15) is 11.5 Å². The Labute approximate surface area is 210 Å². The summed E-state index contributed by atoms with van der Waals surface area (Å²) >= 11 is 0. The van der Waals surface area contributed by atoms with Crippen LogP contribution in [0.4, 0.5) is 8.78 Å². The van der Waals surface area contributed by atoms with Crippen molar-refractivity contribution in [1.82, 2.24) is 23.7 Å². The molecule has 4 aromatic rings. The fourth-order valence-electron chi connectivity index (χ4n) is 3.76. The minimum Gasteiger partial charge on any atom is -0.433 e. The van der Waals surface area contributed by atoms with Crippen LogP contribution in [0.3, 0.4) is 0 Å². The normalized spacial score (nSPS) is 12.6. The van der Waals surface area contributed by atoms with Crippen molar-refractivity contribution >= 4 is 11.2 Å². The van der Waals surface area contributed by atoms with Crippen LogP contribution in [-0.4, -0.2) is 41.0 Å². The number of aliphatic hydroxyl groups excluding tert-OH is 1. The number of rotatable bonds is 9. The molecule has 0 amide bonds. The Morgan fingerprint density at radius 2 is 1.86 bits per heavy atom. The first kappa shape index (κ1) is 26.0.